The number of hydrogen-bond donors (Lipinski definition) is 0. The van der Waals surface area contributed by atoms with Crippen molar-refractivity contribution < 1.29 is 32.0 Å². The van der Waals surface area contributed by atoms with E-state index in [1.807, 2.05) is 0 Å². The molecule has 2 saturated carbocycles. The number of hydrogen-bond acceptors (Lipinski definition) is 7. The number of rotatable bonds is 6. The van der Waals surface area contributed by atoms with Crippen LogP contribution in [0.4, 0.5) is 0 Å². The molecule has 154 valence electrons. The van der Waals surface area contributed by atoms with Crippen molar-refractivity contribution in [2.45, 2.75) is 25.4 Å². The summed E-state index contributed by atoms with van der Waals surface area (Å²) >= 11 is 10.1. The van der Waals surface area contributed by atoms with Gasteiger partial charge >= 0.3 is 11.9 Å². The van der Waals surface area contributed by atoms with Crippen LogP contribution >= 0.6 is 47.8 Å². The highest BCUT2D eigenvalue weighted by Gasteiger charge is 2.51. The predicted molar refractivity (Wildman–Crippen MR) is 109 cm³/mol. The molecule has 4 atom stereocenters. The van der Waals surface area contributed by atoms with Crippen LogP contribution in [0.1, 0.15) is 29.6 Å². The number of esters is 2. The third-order valence-electron chi connectivity index (χ3n) is 5.10. The summed E-state index contributed by atoms with van der Waals surface area (Å²) < 4.78 is 44.6. The third kappa shape index (κ3) is 5.16. The Labute approximate surface area is 187 Å². The number of benzene rings is 1. The SMILES string of the molecule is O=C(OC1CC2CC(C(=O)OCCS(=O)(=O)[O-])C1C2)c1cc(Br)cc(Br)c1Br. The second kappa shape index (κ2) is 8.71. The van der Waals surface area contributed by atoms with Crippen LogP contribution in [0.15, 0.2) is 25.6 Å². The van der Waals surface area contributed by atoms with E-state index in [0.717, 1.165) is 10.9 Å². The van der Waals surface area contributed by atoms with Crippen molar-refractivity contribution in [2.75, 3.05) is 12.4 Å². The summed E-state index contributed by atoms with van der Waals surface area (Å²) in [4.78, 5) is 24.9. The molecule has 1 aromatic carbocycles. The first-order valence-corrected chi connectivity index (χ1v) is 12.5. The van der Waals surface area contributed by atoms with E-state index in [0.29, 0.717) is 27.4 Å². The van der Waals surface area contributed by atoms with Crippen LogP contribution in [0.2, 0.25) is 0 Å². The lowest BCUT2D eigenvalue weighted by Crippen LogP contribution is -2.35. The molecule has 0 radical (unpaired) electrons. The summed E-state index contributed by atoms with van der Waals surface area (Å²) in [5, 5.41) is 0. The zero-order valence-corrected chi connectivity index (χ0v) is 20.0. The standard InChI is InChI=1S/C17H17Br3O7S/c18-9-6-12(15(20)13(19)7-9)17(22)27-14-5-8-3-10(14)11(4-8)16(21)26-1-2-28(23,24)25/h6-8,10-11,14H,1-5H2,(H,23,24,25)/p-1. The minimum Gasteiger partial charge on any atom is -0.748 e. The van der Waals surface area contributed by atoms with Gasteiger partial charge in [0.25, 0.3) is 0 Å². The van der Waals surface area contributed by atoms with E-state index in [-0.39, 0.29) is 11.8 Å². The fraction of sp³-hybridized carbons (Fsp3) is 0.529. The molecule has 0 spiro atoms. The van der Waals surface area contributed by atoms with Crippen molar-refractivity contribution in [3.05, 3.63) is 31.1 Å². The minimum atomic E-state index is -4.43. The highest BCUT2D eigenvalue weighted by atomic mass is 79.9. The molecule has 2 bridgehead atoms. The molecule has 2 fully saturated rings. The summed E-state index contributed by atoms with van der Waals surface area (Å²) in [6.45, 7) is -0.456. The van der Waals surface area contributed by atoms with Gasteiger partial charge in [0.15, 0.2) is 0 Å². The zero-order valence-electron chi connectivity index (χ0n) is 14.4. The molecular weight excluding hydrogens is 588 g/mol. The molecule has 7 nitrogen and oxygen atoms in total. The van der Waals surface area contributed by atoms with Gasteiger partial charge in [0.2, 0.25) is 0 Å². The van der Waals surface area contributed by atoms with Crippen molar-refractivity contribution in [3.63, 3.8) is 0 Å². The van der Waals surface area contributed by atoms with Gasteiger partial charge in [0.1, 0.15) is 12.7 Å². The molecule has 2 aliphatic rings. The number of ether oxygens (including phenoxy) is 2. The Bertz CT molecular complexity index is 902. The Balaban J connectivity index is 1.64. The average molecular weight is 604 g/mol. The van der Waals surface area contributed by atoms with Gasteiger partial charge in [-0.1, -0.05) is 15.9 Å². The molecule has 0 heterocycles. The maximum Gasteiger partial charge on any atom is 0.339 e. The van der Waals surface area contributed by atoms with E-state index < -0.39 is 46.4 Å². The molecule has 2 aliphatic carbocycles. The smallest absolute Gasteiger partial charge is 0.339 e. The Morgan fingerprint density at radius 1 is 1.14 bits per heavy atom. The number of carbonyl (C=O) groups excluding carboxylic acids is 2. The zero-order chi connectivity index (χ0) is 20.6. The largest absolute Gasteiger partial charge is 0.748 e. The van der Waals surface area contributed by atoms with Gasteiger partial charge in [-0.25, -0.2) is 13.2 Å². The van der Waals surface area contributed by atoms with Crippen LogP contribution in [0, 0.1) is 17.8 Å². The highest BCUT2D eigenvalue weighted by molar-refractivity contribution is 9.13. The van der Waals surface area contributed by atoms with E-state index in [4.69, 9.17) is 9.47 Å². The quantitative estimate of drug-likeness (QED) is 0.277. The average Bonchev–Trinajstić information content (AvgIpc) is 3.17. The summed E-state index contributed by atoms with van der Waals surface area (Å²) in [6.07, 6.45) is 1.65. The topological polar surface area (TPSA) is 110 Å². The van der Waals surface area contributed by atoms with Gasteiger partial charge in [0.05, 0.1) is 27.4 Å². The van der Waals surface area contributed by atoms with Crippen molar-refractivity contribution in [3.8, 4) is 0 Å². The van der Waals surface area contributed by atoms with Gasteiger partial charge in [0, 0.05) is 19.3 Å². The molecule has 11 heteroatoms. The minimum absolute atomic E-state index is 0.167. The fourth-order valence-corrected chi connectivity index (χ4v) is 5.85. The molecule has 0 aliphatic heterocycles. The van der Waals surface area contributed by atoms with Gasteiger partial charge in [-0.3, -0.25) is 4.79 Å². The summed E-state index contributed by atoms with van der Waals surface area (Å²) in [5.74, 6) is -2.15. The number of halogens is 3. The predicted octanol–water partition coefficient (Wildman–Crippen LogP) is 3.63. The van der Waals surface area contributed by atoms with E-state index >= 15 is 0 Å². The summed E-state index contributed by atoms with van der Waals surface area (Å²) in [6, 6.07) is 3.45. The fourth-order valence-electron chi connectivity index (χ4n) is 3.95. The maximum absolute atomic E-state index is 12.6. The van der Waals surface area contributed by atoms with Crippen LogP contribution in [0.5, 0.6) is 0 Å². The van der Waals surface area contributed by atoms with Crippen LogP contribution in [0.25, 0.3) is 0 Å². The molecule has 1 aromatic rings. The van der Waals surface area contributed by atoms with Gasteiger partial charge < -0.3 is 14.0 Å². The van der Waals surface area contributed by atoms with Crippen LogP contribution in [0.3, 0.4) is 0 Å². The van der Waals surface area contributed by atoms with Crippen molar-refractivity contribution in [1.82, 2.24) is 0 Å². The first-order valence-electron chi connectivity index (χ1n) is 8.51. The lowest BCUT2D eigenvalue weighted by Gasteiger charge is -2.28. The van der Waals surface area contributed by atoms with E-state index in [9.17, 15) is 22.6 Å². The van der Waals surface area contributed by atoms with Crippen molar-refractivity contribution >= 4 is 69.8 Å². The normalized spacial score (nSPS) is 26.3. The van der Waals surface area contributed by atoms with Crippen LogP contribution in [-0.4, -0.2) is 43.4 Å². The lowest BCUT2D eigenvalue weighted by atomic mass is 9.86. The Morgan fingerprint density at radius 2 is 1.86 bits per heavy atom. The summed E-state index contributed by atoms with van der Waals surface area (Å²) in [7, 11) is -4.43. The number of fused-ring (bicyclic) bond motifs is 2. The first kappa shape index (κ1) is 22.2. The van der Waals surface area contributed by atoms with Gasteiger partial charge in [-0.2, -0.15) is 0 Å². The van der Waals surface area contributed by atoms with Crippen molar-refractivity contribution in [2.24, 2.45) is 17.8 Å². The van der Waals surface area contributed by atoms with Gasteiger partial charge in [-0.05, 0) is 69.2 Å². The highest BCUT2D eigenvalue weighted by Crippen LogP contribution is 2.50. The monoisotopic (exact) mass is 601 g/mol. The summed E-state index contributed by atoms with van der Waals surface area (Å²) in [5.41, 5.74) is 0.365. The second-order valence-corrected chi connectivity index (χ2v) is 11.1. The Hall–Kier alpha value is -0.490. The van der Waals surface area contributed by atoms with Crippen molar-refractivity contribution in [1.29, 1.82) is 0 Å². The third-order valence-corrected chi connectivity index (χ3v) is 8.24. The van der Waals surface area contributed by atoms with E-state index in [2.05, 4.69) is 47.8 Å². The van der Waals surface area contributed by atoms with Gasteiger partial charge in [-0.15, -0.1) is 0 Å². The second-order valence-electron chi connectivity index (χ2n) is 6.97. The number of carbonyl (C=O) groups is 2. The van der Waals surface area contributed by atoms with E-state index in [1.165, 1.54) is 0 Å². The Kier molecular flexibility index (Phi) is 6.90. The maximum atomic E-state index is 12.6. The molecule has 0 amide bonds. The van der Waals surface area contributed by atoms with Crippen LogP contribution < -0.4 is 0 Å². The van der Waals surface area contributed by atoms with E-state index in [1.54, 1.807) is 12.1 Å². The lowest BCUT2D eigenvalue weighted by molar-refractivity contribution is -0.151. The molecule has 28 heavy (non-hydrogen) atoms. The first-order chi connectivity index (χ1) is 13.0. The van der Waals surface area contributed by atoms with Crippen LogP contribution in [-0.2, 0) is 24.4 Å². The molecule has 0 aromatic heterocycles. The molecule has 3 rings (SSSR count). The molecular formula is C17H16Br3O7S-. The molecule has 0 N–H and O–H groups in total. The molecule has 0 saturated heterocycles. The molecule has 4 unspecified atom stereocenters. The Morgan fingerprint density at radius 3 is 2.50 bits per heavy atom.